The molecule has 42 heavy (non-hydrogen) atoms. The molecular weight excluding hydrogens is 563 g/mol. The van der Waals surface area contributed by atoms with Crippen molar-refractivity contribution in [2.45, 2.75) is 24.0 Å². The van der Waals surface area contributed by atoms with Crippen LogP contribution in [0.2, 0.25) is 0 Å². The number of hydrogen-bond donors (Lipinski definition) is 2. The molecular formula is C32H33N7OS2. The van der Waals surface area contributed by atoms with E-state index >= 15 is 0 Å². The van der Waals surface area contributed by atoms with Gasteiger partial charge in [0, 0.05) is 65.0 Å². The molecule has 5 aromatic rings. The summed E-state index contributed by atoms with van der Waals surface area (Å²) in [6.07, 6.45) is 5.87. The number of piperidine rings is 1. The normalized spacial score (nSPS) is 19.6. The van der Waals surface area contributed by atoms with Crippen LogP contribution < -0.4 is 16.2 Å². The lowest BCUT2D eigenvalue weighted by atomic mass is 9.90. The maximum atomic E-state index is 14.0. The lowest BCUT2D eigenvalue weighted by Gasteiger charge is -2.29. The van der Waals surface area contributed by atoms with Crippen molar-refractivity contribution < 1.29 is 0 Å². The summed E-state index contributed by atoms with van der Waals surface area (Å²) < 4.78 is 1.61. The highest BCUT2D eigenvalue weighted by atomic mass is 32.2. The first kappa shape index (κ1) is 27.3. The third-order valence-electron chi connectivity index (χ3n) is 8.15. The highest BCUT2D eigenvalue weighted by molar-refractivity contribution is 7.99. The molecule has 2 aliphatic rings. The highest BCUT2D eigenvalue weighted by Gasteiger charge is 2.20. The van der Waals surface area contributed by atoms with Gasteiger partial charge in [0.1, 0.15) is 0 Å². The number of aromatic nitrogens is 4. The number of thiazole rings is 1. The molecule has 2 saturated heterocycles. The minimum Gasteiger partial charge on any atom is -0.324 e. The summed E-state index contributed by atoms with van der Waals surface area (Å²) in [5.41, 5.74) is 5.41. The van der Waals surface area contributed by atoms with Crippen molar-refractivity contribution in [2.75, 3.05) is 44.3 Å². The molecule has 2 N–H and O–H groups in total. The Kier molecular flexibility index (Phi) is 7.77. The van der Waals surface area contributed by atoms with Crippen LogP contribution in [0.5, 0.6) is 0 Å². The predicted octanol–water partition coefficient (Wildman–Crippen LogP) is 5.83. The molecule has 3 aromatic heterocycles. The molecule has 7 rings (SSSR count). The molecule has 0 radical (unpaired) electrons. The van der Waals surface area contributed by atoms with Crippen LogP contribution in [0, 0.1) is 0 Å². The Labute approximate surface area is 253 Å². The number of fused-ring (bicyclic) bond motifs is 1. The number of pyridine rings is 1. The molecule has 0 spiro atoms. The largest absolute Gasteiger partial charge is 0.324 e. The van der Waals surface area contributed by atoms with Gasteiger partial charge in [0.25, 0.3) is 5.56 Å². The Morgan fingerprint density at radius 3 is 2.62 bits per heavy atom. The summed E-state index contributed by atoms with van der Waals surface area (Å²) in [4.78, 5) is 30.3. The van der Waals surface area contributed by atoms with Crippen molar-refractivity contribution in [3.05, 3.63) is 93.9 Å². The van der Waals surface area contributed by atoms with Gasteiger partial charge in [-0.1, -0.05) is 36.4 Å². The number of likely N-dealkylation sites (N-methyl/N-ethyl adjacent to an activating group) is 1. The third-order valence-corrected chi connectivity index (χ3v) is 10.1. The highest BCUT2D eigenvalue weighted by Crippen LogP contribution is 2.33. The second-order valence-electron chi connectivity index (χ2n) is 11.0. The maximum absolute atomic E-state index is 14.0. The van der Waals surface area contributed by atoms with Crippen LogP contribution in [0.1, 0.15) is 35.1 Å². The minimum atomic E-state index is -0.145. The van der Waals surface area contributed by atoms with Gasteiger partial charge in [0.2, 0.25) is 5.95 Å². The zero-order valence-corrected chi connectivity index (χ0v) is 25.1. The third kappa shape index (κ3) is 5.59. The van der Waals surface area contributed by atoms with Gasteiger partial charge < -0.3 is 15.5 Å². The second-order valence-corrected chi connectivity index (χ2v) is 13.2. The molecule has 8 nitrogen and oxygen atoms in total. The maximum Gasteiger partial charge on any atom is 0.266 e. The van der Waals surface area contributed by atoms with Crippen molar-refractivity contribution in [3.63, 3.8) is 0 Å². The zero-order chi connectivity index (χ0) is 28.5. The van der Waals surface area contributed by atoms with Crippen LogP contribution in [-0.2, 0) is 0 Å². The van der Waals surface area contributed by atoms with Gasteiger partial charge in [0.05, 0.1) is 0 Å². The van der Waals surface area contributed by atoms with Crippen LogP contribution in [0.15, 0.2) is 77.2 Å². The Morgan fingerprint density at radius 2 is 1.88 bits per heavy atom. The Hall–Kier alpha value is -3.57. The van der Waals surface area contributed by atoms with Gasteiger partial charge in [-0.05, 0) is 67.2 Å². The molecule has 10 heteroatoms. The van der Waals surface area contributed by atoms with E-state index < -0.39 is 0 Å². The van der Waals surface area contributed by atoms with E-state index in [0.717, 1.165) is 48.6 Å². The average Bonchev–Trinajstić information content (AvgIpc) is 3.56. The SMILES string of the molecule is CN1CCSC(c2ccc(Nc3ncc4cc(-c5ccc(C6CCCNC6)cc5)c(=O)n(-c5nccs5)c4n3)cc2)C1. The van der Waals surface area contributed by atoms with Gasteiger partial charge in [-0.3, -0.25) is 4.79 Å². The molecule has 0 saturated carbocycles. The smallest absolute Gasteiger partial charge is 0.266 e. The van der Waals surface area contributed by atoms with Crippen molar-refractivity contribution in [1.29, 1.82) is 0 Å². The van der Waals surface area contributed by atoms with E-state index in [0.29, 0.717) is 33.5 Å². The first-order valence-corrected chi connectivity index (χ1v) is 16.4. The summed E-state index contributed by atoms with van der Waals surface area (Å²) in [7, 11) is 2.18. The van der Waals surface area contributed by atoms with Crippen LogP contribution >= 0.6 is 23.1 Å². The Balaban J connectivity index is 1.21. The van der Waals surface area contributed by atoms with E-state index in [2.05, 4.69) is 81.1 Å². The fourth-order valence-corrected chi connectivity index (χ4v) is 7.88. The molecule has 2 fully saturated rings. The van der Waals surface area contributed by atoms with Crippen molar-refractivity contribution >= 4 is 45.8 Å². The summed E-state index contributed by atoms with van der Waals surface area (Å²) >= 11 is 3.43. The first-order valence-electron chi connectivity index (χ1n) is 14.4. The van der Waals surface area contributed by atoms with E-state index in [1.54, 1.807) is 17.0 Å². The van der Waals surface area contributed by atoms with E-state index in [9.17, 15) is 4.79 Å². The quantitative estimate of drug-likeness (QED) is 0.253. The van der Waals surface area contributed by atoms with Gasteiger partial charge in [0.15, 0.2) is 10.8 Å². The second kappa shape index (κ2) is 12.0. The van der Waals surface area contributed by atoms with Gasteiger partial charge in [-0.2, -0.15) is 16.7 Å². The minimum absolute atomic E-state index is 0.145. The van der Waals surface area contributed by atoms with Gasteiger partial charge in [-0.25, -0.2) is 14.5 Å². The molecule has 0 bridgehead atoms. The van der Waals surface area contributed by atoms with Gasteiger partial charge in [-0.15, -0.1) is 11.3 Å². The summed E-state index contributed by atoms with van der Waals surface area (Å²) in [5.74, 6) is 2.10. The molecule has 0 amide bonds. The van der Waals surface area contributed by atoms with E-state index in [1.807, 2.05) is 23.2 Å². The van der Waals surface area contributed by atoms with Crippen LogP contribution in [-0.4, -0.2) is 63.4 Å². The number of thioether (sulfide) groups is 1. The predicted molar refractivity (Wildman–Crippen MR) is 174 cm³/mol. The Bertz CT molecular complexity index is 1730. The fraction of sp³-hybridized carbons (Fsp3) is 0.312. The summed E-state index contributed by atoms with van der Waals surface area (Å²) in [6, 6.07) is 18.8. The monoisotopic (exact) mass is 595 g/mol. The lowest BCUT2D eigenvalue weighted by molar-refractivity contribution is 0.347. The molecule has 5 heterocycles. The van der Waals surface area contributed by atoms with Crippen LogP contribution in [0.4, 0.5) is 11.6 Å². The van der Waals surface area contributed by atoms with Crippen molar-refractivity contribution in [1.82, 2.24) is 29.7 Å². The van der Waals surface area contributed by atoms with Crippen LogP contribution in [0.3, 0.4) is 0 Å². The Morgan fingerprint density at radius 1 is 1.05 bits per heavy atom. The number of nitrogens with one attached hydrogen (secondary N) is 2. The summed E-state index contributed by atoms with van der Waals surface area (Å²) in [6.45, 7) is 4.29. The van der Waals surface area contributed by atoms with E-state index in [4.69, 9.17) is 4.98 Å². The number of rotatable bonds is 6. The van der Waals surface area contributed by atoms with Crippen molar-refractivity contribution in [3.8, 4) is 16.3 Å². The molecule has 2 aliphatic heterocycles. The molecule has 2 aromatic carbocycles. The van der Waals surface area contributed by atoms with Crippen molar-refractivity contribution in [2.24, 2.45) is 0 Å². The molecule has 214 valence electrons. The van der Waals surface area contributed by atoms with E-state index in [-0.39, 0.29) is 5.56 Å². The lowest BCUT2D eigenvalue weighted by Crippen LogP contribution is -2.30. The number of hydrogen-bond acceptors (Lipinski definition) is 9. The molecule has 0 aliphatic carbocycles. The van der Waals surface area contributed by atoms with Crippen LogP contribution in [0.25, 0.3) is 27.3 Å². The van der Waals surface area contributed by atoms with E-state index in [1.165, 1.54) is 35.3 Å². The summed E-state index contributed by atoms with van der Waals surface area (Å²) in [5, 5.41) is 10.5. The molecule has 2 atom stereocenters. The fourth-order valence-electron chi connectivity index (χ4n) is 5.83. The number of nitrogens with zero attached hydrogens (tertiary/aromatic N) is 5. The zero-order valence-electron chi connectivity index (χ0n) is 23.5. The standard InChI is InChI=1S/C32H33N7OS2/c1-38-14-16-41-28(20-38)23-8-10-26(11-9-23)36-31-35-19-25-17-27(30(40)39(29(25)37-31)32-34-13-15-42-32)22-6-4-21(5-7-22)24-3-2-12-33-18-24/h4-11,13,15,17,19,24,28,33H,2-3,12,14,16,18,20H2,1H3,(H,35,36,37). The number of anilines is 2. The van der Waals surface area contributed by atoms with Gasteiger partial charge >= 0.3 is 0 Å². The number of benzene rings is 2. The first-order chi connectivity index (χ1) is 20.6. The average molecular weight is 596 g/mol. The molecule has 2 unspecified atom stereocenters. The topological polar surface area (TPSA) is 88.0 Å².